The molecule has 9 nitrogen and oxygen atoms in total. The van der Waals surface area contributed by atoms with Crippen molar-refractivity contribution in [3.8, 4) is 11.6 Å². The number of carbonyl (C=O) groups is 2. The molecule has 2 aliphatic rings. The Morgan fingerprint density at radius 3 is 2.53 bits per heavy atom. The highest BCUT2D eigenvalue weighted by atomic mass is 19.4. The Balaban J connectivity index is 1.31. The molecule has 0 spiro atoms. The molecule has 0 radical (unpaired) electrons. The van der Waals surface area contributed by atoms with Gasteiger partial charge in [-0.15, -0.1) is 0 Å². The van der Waals surface area contributed by atoms with E-state index in [1.807, 2.05) is 4.90 Å². The van der Waals surface area contributed by atoms with E-state index in [1.165, 1.54) is 18.3 Å². The Kier molecular flexibility index (Phi) is 5.76. The minimum atomic E-state index is -4.45. The van der Waals surface area contributed by atoms with Gasteiger partial charge in [0.1, 0.15) is 11.6 Å². The highest BCUT2D eigenvalue weighted by molar-refractivity contribution is 5.99. The van der Waals surface area contributed by atoms with Gasteiger partial charge in [-0.05, 0) is 18.2 Å². The number of halogens is 3. The zero-order chi connectivity index (χ0) is 22.9. The number of aromatic nitrogens is 2. The van der Waals surface area contributed by atoms with E-state index >= 15 is 0 Å². The second-order valence-corrected chi connectivity index (χ2v) is 7.50. The summed E-state index contributed by atoms with van der Waals surface area (Å²) < 4.78 is 46.8. The molecule has 2 aromatic rings. The SMILES string of the molecule is NC(=O)C1CN(c2ccc(N3CCC(Oc4ccc(OCC(F)(F)F)nc4)C3=O)cn2)C1. The van der Waals surface area contributed by atoms with Crippen molar-refractivity contribution in [3.05, 3.63) is 36.7 Å². The van der Waals surface area contributed by atoms with Crippen LogP contribution in [0.25, 0.3) is 0 Å². The molecule has 2 saturated heterocycles. The first-order chi connectivity index (χ1) is 15.2. The van der Waals surface area contributed by atoms with Gasteiger partial charge in [-0.25, -0.2) is 9.97 Å². The summed E-state index contributed by atoms with van der Waals surface area (Å²) in [5.74, 6) is 0.00299. The average molecular weight is 451 g/mol. The first kappa shape index (κ1) is 21.7. The van der Waals surface area contributed by atoms with Gasteiger partial charge >= 0.3 is 6.18 Å². The van der Waals surface area contributed by atoms with Gasteiger partial charge in [0.25, 0.3) is 5.91 Å². The average Bonchev–Trinajstić information content (AvgIpc) is 3.06. The van der Waals surface area contributed by atoms with Crippen molar-refractivity contribution < 1.29 is 32.2 Å². The monoisotopic (exact) mass is 451 g/mol. The normalized spacial score (nSPS) is 19.1. The molecule has 0 bridgehead atoms. The van der Waals surface area contributed by atoms with Crippen molar-refractivity contribution in [2.24, 2.45) is 11.7 Å². The van der Waals surface area contributed by atoms with Crippen LogP contribution in [0, 0.1) is 5.92 Å². The van der Waals surface area contributed by atoms with Gasteiger partial charge in [0.2, 0.25) is 11.8 Å². The van der Waals surface area contributed by atoms with E-state index in [0.29, 0.717) is 37.6 Å². The van der Waals surface area contributed by atoms with Gasteiger partial charge < -0.3 is 25.0 Å². The second kappa shape index (κ2) is 8.52. The van der Waals surface area contributed by atoms with Crippen LogP contribution >= 0.6 is 0 Å². The molecule has 170 valence electrons. The Morgan fingerprint density at radius 1 is 1.16 bits per heavy atom. The molecule has 2 fully saturated rings. The summed E-state index contributed by atoms with van der Waals surface area (Å²) in [7, 11) is 0. The number of primary amides is 1. The molecule has 1 unspecified atom stereocenters. The largest absolute Gasteiger partial charge is 0.479 e. The molecule has 1 atom stereocenters. The number of carbonyl (C=O) groups excluding carboxylic acids is 2. The van der Waals surface area contributed by atoms with Crippen molar-refractivity contribution in [1.29, 1.82) is 0 Å². The third-order valence-electron chi connectivity index (χ3n) is 5.18. The van der Waals surface area contributed by atoms with Crippen molar-refractivity contribution in [2.75, 3.05) is 36.0 Å². The van der Waals surface area contributed by atoms with Crippen LogP contribution < -0.4 is 25.0 Å². The summed E-state index contributed by atoms with van der Waals surface area (Å²) in [5, 5.41) is 0. The first-order valence-corrected chi connectivity index (χ1v) is 9.83. The molecule has 2 aliphatic heterocycles. The number of hydrogen-bond donors (Lipinski definition) is 1. The topological polar surface area (TPSA) is 111 Å². The quantitative estimate of drug-likeness (QED) is 0.680. The molecular formula is C20H20F3N5O4. The second-order valence-electron chi connectivity index (χ2n) is 7.50. The van der Waals surface area contributed by atoms with E-state index in [-0.39, 0.29) is 29.4 Å². The fourth-order valence-corrected chi connectivity index (χ4v) is 3.43. The van der Waals surface area contributed by atoms with Crippen LogP contribution in [0.5, 0.6) is 11.6 Å². The molecule has 2 amide bonds. The van der Waals surface area contributed by atoms with E-state index in [2.05, 4.69) is 14.7 Å². The summed E-state index contributed by atoms with van der Waals surface area (Å²) in [6.45, 7) is 0.0351. The van der Waals surface area contributed by atoms with E-state index < -0.39 is 18.9 Å². The molecule has 0 saturated carbocycles. The van der Waals surface area contributed by atoms with Crippen LogP contribution in [0.15, 0.2) is 36.7 Å². The first-order valence-electron chi connectivity index (χ1n) is 9.83. The fourth-order valence-electron chi connectivity index (χ4n) is 3.43. The summed E-state index contributed by atoms with van der Waals surface area (Å²) in [6.07, 6.45) is -1.97. The van der Waals surface area contributed by atoms with Crippen LogP contribution in [0.2, 0.25) is 0 Å². The molecule has 0 aromatic carbocycles. The van der Waals surface area contributed by atoms with Crippen LogP contribution in [-0.4, -0.2) is 60.3 Å². The van der Waals surface area contributed by atoms with Crippen molar-refractivity contribution in [3.63, 3.8) is 0 Å². The van der Waals surface area contributed by atoms with Gasteiger partial charge in [0.15, 0.2) is 12.7 Å². The van der Waals surface area contributed by atoms with E-state index in [0.717, 1.165) is 0 Å². The lowest BCUT2D eigenvalue weighted by Crippen LogP contribution is -2.52. The maximum Gasteiger partial charge on any atom is 0.422 e. The molecule has 32 heavy (non-hydrogen) atoms. The van der Waals surface area contributed by atoms with Crippen molar-refractivity contribution >= 4 is 23.3 Å². The molecule has 2 N–H and O–H groups in total. The van der Waals surface area contributed by atoms with Crippen molar-refractivity contribution in [2.45, 2.75) is 18.7 Å². The Hall–Kier alpha value is -3.57. The summed E-state index contributed by atoms with van der Waals surface area (Å²) in [4.78, 5) is 35.5. The number of anilines is 2. The highest BCUT2D eigenvalue weighted by Crippen LogP contribution is 2.28. The third kappa shape index (κ3) is 4.84. The Bertz CT molecular complexity index is 978. The zero-order valence-electron chi connectivity index (χ0n) is 16.8. The minimum absolute atomic E-state index is 0.172. The predicted molar refractivity (Wildman–Crippen MR) is 106 cm³/mol. The summed E-state index contributed by atoms with van der Waals surface area (Å²) >= 11 is 0. The number of nitrogens with zero attached hydrogens (tertiary/aromatic N) is 4. The van der Waals surface area contributed by atoms with Crippen molar-refractivity contribution in [1.82, 2.24) is 9.97 Å². The maximum absolute atomic E-state index is 12.7. The van der Waals surface area contributed by atoms with E-state index in [9.17, 15) is 22.8 Å². The highest BCUT2D eigenvalue weighted by Gasteiger charge is 2.35. The Morgan fingerprint density at radius 2 is 1.94 bits per heavy atom. The number of alkyl halides is 3. The van der Waals surface area contributed by atoms with Crippen LogP contribution in [0.3, 0.4) is 0 Å². The fraction of sp³-hybridized carbons (Fsp3) is 0.400. The van der Waals surface area contributed by atoms with E-state index in [1.54, 1.807) is 23.2 Å². The zero-order valence-corrected chi connectivity index (χ0v) is 16.8. The Labute approximate surface area is 180 Å². The summed E-state index contributed by atoms with van der Waals surface area (Å²) in [5.41, 5.74) is 5.89. The number of ether oxygens (including phenoxy) is 2. The van der Waals surface area contributed by atoms with Crippen LogP contribution in [0.1, 0.15) is 6.42 Å². The number of rotatable bonds is 7. The lowest BCUT2D eigenvalue weighted by Gasteiger charge is -2.38. The number of pyridine rings is 2. The van der Waals surface area contributed by atoms with Gasteiger partial charge in [-0.2, -0.15) is 13.2 Å². The molecule has 0 aliphatic carbocycles. The number of amides is 2. The third-order valence-corrected chi connectivity index (χ3v) is 5.18. The lowest BCUT2D eigenvalue weighted by molar-refractivity contribution is -0.154. The lowest BCUT2D eigenvalue weighted by atomic mass is 10.00. The maximum atomic E-state index is 12.7. The molecular weight excluding hydrogens is 431 g/mol. The molecule has 4 heterocycles. The van der Waals surface area contributed by atoms with Gasteiger partial charge in [-0.3, -0.25) is 9.59 Å². The number of nitrogens with two attached hydrogens (primary N) is 1. The minimum Gasteiger partial charge on any atom is -0.479 e. The van der Waals surface area contributed by atoms with Gasteiger partial charge in [0, 0.05) is 32.1 Å². The van der Waals surface area contributed by atoms with E-state index in [4.69, 9.17) is 10.5 Å². The molecule has 4 rings (SSSR count). The predicted octanol–water partition coefficient (Wildman–Crippen LogP) is 1.52. The summed E-state index contributed by atoms with van der Waals surface area (Å²) in [6, 6.07) is 6.20. The number of hydrogen-bond acceptors (Lipinski definition) is 7. The molecule has 12 heteroatoms. The standard InChI is InChI=1S/C20H20F3N5O4/c21-20(22,23)11-31-17-4-2-14(8-26-17)32-15-5-6-28(19(15)30)13-1-3-16(25-7-13)27-9-12(10-27)18(24)29/h1-4,7-8,12,15H,5-6,9-11H2,(H2,24,29). The molecule has 2 aromatic heterocycles. The van der Waals surface area contributed by atoms with Crippen LogP contribution in [0.4, 0.5) is 24.7 Å². The smallest absolute Gasteiger partial charge is 0.422 e. The van der Waals surface area contributed by atoms with Crippen LogP contribution in [-0.2, 0) is 9.59 Å². The van der Waals surface area contributed by atoms with Gasteiger partial charge in [0.05, 0.1) is 24.0 Å². The van der Waals surface area contributed by atoms with Gasteiger partial charge in [-0.1, -0.05) is 0 Å².